The molecule has 0 aromatic rings. The van der Waals surface area contributed by atoms with Crippen molar-refractivity contribution in [3.8, 4) is 0 Å². The van der Waals surface area contributed by atoms with E-state index in [1.807, 2.05) is 0 Å². The predicted octanol–water partition coefficient (Wildman–Crippen LogP) is 0.957. The third-order valence-electron chi connectivity index (χ3n) is 0. The fourth-order valence-corrected chi connectivity index (χ4v) is 0. The smallest absolute Gasteiger partial charge is 0.300 e. The van der Waals surface area contributed by atoms with Gasteiger partial charge in [-0.25, -0.2) is 0 Å². The molecule has 0 saturated carbocycles. The van der Waals surface area contributed by atoms with Gasteiger partial charge in [0.15, 0.2) is 0 Å². The molecule has 0 unspecified atom stereocenters. The first-order chi connectivity index (χ1) is 3.15. The molecule has 0 bridgehead atoms. The van der Waals surface area contributed by atoms with Gasteiger partial charge in [-0.3, -0.25) is 9.71 Å². The number of nitrogens with zero attached hydrogens (tertiary/aromatic N) is 3. The van der Waals surface area contributed by atoms with E-state index < -0.39 is 5.97 Å². The summed E-state index contributed by atoms with van der Waals surface area (Å²) in [6.07, 6.45) is 0. The topological polar surface area (TPSA) is 96.0 Å². The summed E-state index contributed by atoms with van der Waals surface area (Å²) in [6, 6.07) is 0. The van der Waals surface area contributed by atoms with E-state index in [0.29, 0.717) is 0 Å². The van der Waals surface area contributed by atoms with Crippen molar-refractivity contribution in [2.45, 2.75) is 6.92 Å². The summed E-state index contributed by atoms with van der Waals surface area (Å²) >= 11 is 0. The number of carboxylic acids is 1. The summed E-state index contributed by atoms with van der Waals surface area (Å²) in [5.41, 5.74) is 13.5. The van der Waals surface area contributed by atoms with E-state index in [1.54, 1.807) is 0 Å². The fourth-order valence-electron chi connectivity index (χ4n) is 0. The molecule has 1 N–H and O–H groups in total. The van der Waals surface area contributed by atoms with Crippen LogP contribution in [0.1, 0.15) is 6.92 Å². The highest BCUT2D eigenvalue weighted by Gasteiger charge is 1.65. The first kappa shape index (κ1) is 9.24. The number of rotatable bonds is 0. The van der Waals surface area contributed by atoms with E-state index in [1.165, 1.54) is 4.91 Å². The van der Waals surface area contributed by atoms with E-state index in [4.69, 9.17) is 21.0 Å². The third kappa shape index (κ3) is 24.8. The number of hydrogen-bond acceptors (Lipinski definition) is 1. The van der Waals surface area contributed by atoms with Gasteiger partial charge in [0.2, 0.25) is 0 Å². The minimum atomic E-state index is -0.833. The minimum absolute atomic E-state index is 0.833. The minimum Gasteiger partial charge on any atom is -0.481 e. The average molecular weight is 102 g/mol. The molecule has 5 nitrogen and oxygen atoms in total. The number of hydrogen-bond donors (Lipinski definition) is 1. The Kier molecular flexibility index (Phi) is 11.7. The van der Waals surface area contributed by atoms with E-state index >= 15 is 0 Å². The Morgan fingerprint density at radius 1 is 1.71 bits per heavy atom. The highest BCUT2D eigenvalue weighted by molar-refractivity contribution is 5.62. The van der Waals surface area contributed by atoms with Gasteiger partial charge in [0.1, 0.15) is 0 Å². The lowest BCUT2D eigenvalue weighted by Crippen LogP contribution is -1.78. The number of carbonyl (C=O) groups is 1. The molecular weight excluding hydrogens is 98.0 g/mol. The third-order valence-corrected chi connectivity index (χ3v) is 0. The van der Waals surface area contributed by atoms with Gasteiger partial charge in [0, 0.05) is 6.92 Å². The van der Waals surface area contributed by atoms with E-state index in [2.05, 4.69) is 0 Å². The zero-order chi connectivity index (χ0) is 6.28. The molecule has 0 atom stereocenters. The summed E-state index contributed by atoms with van der Waals surface area (Å²) in [5, 5.41) is 7.42. The summed E-state index contributed by atoms with van der Waals surface area (Å²) < 4.78 is 0. The van der Waals surface area contributed by atoms with Crippen molar-refractivity contribution in [3.63, 3.8) is 0 Å². The van der Waals surface area contributed by atoms with Gasteiger partial charge in [0.05, 0.1) is 0 Å². The molecule has 0 fully saturated rings. The lowest BCUT2D eigenvalue weighted by Gasteiger charge is -1.59. The van der Waals surface area contributed by atoms with Crippen LogP contribution in [0.3, 0.4) is 0 Å². The Labute approximate surface area is 40.0 Å². The van der Waals surface area contributed by atoms with Gasteiger partial charge in [0.25, 0.3) is 5.97 Å². The Morgan fingerprint density at radius 3 is 1.71 bits per heavy atom. The van der Waals surface area contributed by atoms with Crippen molar-refractivity contribution < 1.29 is 9.90 Å². The molecule has 0 spiro atoms. The van der Waals surface area contributed by atoms with Gasteiger partial charge in [-0.15, -0.1) is 0 Å². The van der Waals surface area contributed by atoms with Crippen LogP contribution in [0.25, 0.3) is 16.0 Å². The Bertz CT molecular complexity index is 78.9. The van der Waals surface area contributed by atoms with Crippen molar-refractivity contribution in [2.75, 3.05) is 0 Å². The molecule has 0 aromatic carbocycles. The lowest BCUT2D eigenvalue weighted by atomic mass is 10.9. The van der Waals surface area contributed by atoms with Crippen molar-refractivity contribution in [1.29, 1.82) is 0 Å². The Hall–Kier alpha value is -1.22. The maximum Gasteiger partial charge on any atom is 0.300 e. The van der Waals surface area contributed by atoms with Crippen LogP contribution in [-0.4, -0.2) is 11.1 Å². The highest BCUT2D eigenvalue weighted by atomic mass is 16.4. The SMILES string of the molecule is CC(=O)O.[N-]=[N+]=[N-]. The molecule has 0 saturated heterocycles. The van der Waals surface area contributed by atoms with E-state index in [-0.39, 0.29) is 0 Å². The second-order valence-electron chi connectivity index (χ2n) is 0.608. The maximum absolute atomic E-state index is 9.00. The largest absolute Gasteiger partial charge is 0.481 e. The number of carboxylic acid groups (broad SMARTS) is 1. The first-order valence-electron chi connectivity index (χ1n) is 1.33. The number of aliphatic carboxylic acids is 1. The predicted molar refractivity (Wildman–Crippen MR) is 23.4 cm³/mol. The second kappa shape index (κ2) is 8.84. The molecule has 40 valence electrons. The molecule has 0 aromatic heterocycles. The molecule has 0 aliphatic rings. The van der Waals surface area contributed by atoms with Crippen molar-refractivity contribution in [1.82, 2.24) is 0 Å². The normalized spacial score (nSPS) is 4.71. The monoisotopic (exact) mass is 102 g/mol. The molecule has 0 radical (unpaired) electrons. The van der Waals surface area contributed by atoms with Crippen LogP contribution < -0.4 is 0 Å². The van der Waals surface area contributed by atoms with Crippen LogP contribution in [0.5, 0.6) is 0 Å². The molecule has 7 heavy (non-hydrogen) atoms. The zero-order valence-corrected chi connectivity index (χ0v) is 3.70. The van der Waals surface area contributed by atoms with Crippen molar-refractivity contribution in [2.24, 2.45) is 0 Å². The summed E-state index contributed by atoms with van der Waals surface area (Å²) in [7, 11) is 0. The van der Waals surface area contributed by atoms with E-state index in [9.17, 15) is 0 Å². The second-order valence-corrected chi connectivity index (χ2v) is 0.608. The van der Waals surface area contributed by atoms with Crippen LogP contribution in [0, 0.1) is 0 Å². The molecule has 5 heteroatoms. The standard InChI is InChI=1S/C2H4O2.N3/c1-2(3)4;1-3-2/h1H3,(H,3,4);/q;-1. The van der Waals surface area contributed by atoms with Crippen LogP contribution in [0.2, 0.25) is 0 Å². The van der Waals surface area contributed by atoms with Gasteiger partial charge in [-0.2, -0.15) is 0 Å². The molecular formula is C2H4N3O2-. The van der Waals surface area contributed by atoms with Gasteiger partial charge in [-0.05, 0) is 0 Å². The van der Waals surface area contributed by atoms with Crippen LogP contribution in [0.15, 0.2) is 0 Å². The van der Waals surface area contributed by atoms with Crippen LogP contribution >= 0.6 is 0 Å². The lowest BCUT2D eigenvalue weighted by molar-refractivity contribution is -0.134. The molecule has 0 aliphatic heterocycles. The fraction of sp³-hybridized carbons (Fsp3) is 0.500. The summed E-state index contributed by atoms with van der Waals surface area (Å²) in [6.45, 7) is 1.08. The summed E-state index contributed by atoms with van der Waals surface area (Å²) in [5.74, 6) is -0.833. The van der Waals surface area contributed by atoms with Crippen molar-refractivity contribution in [3.05, 3.63) is 16.0 Å². The van der Waals surface area contributed by atoms with Gasteiger partial charge >= 0.3 is 0 Å². The van der Waals surface area contributed by atoms with Crippen LogP contribution in [-0.2, 0) is 4.79 Å². The Morgan fingerprint density at radius 2 is 1.71 bits per heavy atom. The highest BCUT2D eigenvalue weighted by Crippen LogP contribution is 1.42. The molecule has 0 rings (SSSR count). The van der Waals surface area contributed by atoms with Gasteiger partial charge < -0.3 is 16.2 Å². The molecule has 0 aliphatic carbocycles. The summed E-state index contributed by atoms with van der Waals surface area (Å²) in [4.78, 5) is 10.5. The zero-order valence-electron chi connectivity index (χ0n) is 3.70. The van der Waals surface area contributed by atoms with E-state index in [0.717, 1.165) is 6.92 Å². The Balaban J connectivity index is 0. The molecule has 0 heterocycles. The quantitative estimate of drug-likeness (QED) is 0.280. The first-order valence-corrected chi connectivity index (χ1v) is 1.33. The van der Waals surface area contributed by atoms with Crippen molar-refractivity contribution >= 4 is 5.97 Å². The van der Waals surface area contributed by atoms with Gasteiger partial charge in [-0.1, -0.05) is 0 Å². The maximum atomic E-state index is 9.00. The van der Waals surface area contributed by atoms with Crippen LogP contribution in [0.4, 0.5) is 0 Å². The average Bonchev–Trinajstić information content (AvgIpc) is 1.33. The molecule has 0 amide bonds.